The fourth-order valence-corrected chi connectivity index (χ4v) is 3.57. The van der Waals surface area contributed by atoms with Gasteiger partial charge in [-0.2, -0.15) is 0 Å². The highest BCUT2D eigenvalue weighted by molar-refractivity contribution is 7.13. The Hall–Kier alpha value is -1.17. The lowest BCUT2D eigenvalue weighted by molar-refractivity contribution is 0.312. The molecule has 4 nitrogen and oxygen atoms in total. The van der Waals surface area contributed by atoms with Crippen LogP contribution in [0.1, 0.15) is 23.4 Å². The van der Waals surface area contributed by atoms with Crippen LogP contribution in [0.4, 0.5) is 0 Å². The van der Waals surface area contributed by atoms with E-state index in [-0.39, 0.29) is 0 Å². The number of hydrogen-bond acceptors (Lipinski definition) is 5. The maximum Gasteiger partial charge on any atom is 0.237 e. The third kappa shape index (κ3) is 2.66. The number of thiophene rings is 1. The molecule has 0 spiro atoms. The molecule has 0 aliphatic carbocycles. The zero-order chi connectivity index (χ0) is 14.1. The predicted molar refractivity (Wildman–Crippen MR) is 81.7 cm³/mol. The Morgan fingerprint density at radius 3 is 3.00 bits per heavy atom. The van der Waals surface area contributed by atoms with Crippen molar-refractivity contribution in [1.82, 2.24) is 9.88 Å². The first kappa shape index (κ1) is 13.8. The molecule has 0 aromatic carbocycles. The molecule has 0 bridgehead atoms. The van der Waals surface area contributed by atoms with E-state index in [2.05, 4.69) is 23.3 Å². The van der Waals surface area contributed by atoms with Crippen molar-refractivity contribution in [3.05, 3.63) is 28.5 Å². The molecule has 2 aromatic rings. The summed E-state index contributed by atoms with van der Waals surface area (Å²) >= 11 is 1.69. The summed E-state index contributed by atoms with van der Waals surface area (Å²) in [5.74, 6) is 2.34. The summed E-state index contributed by atoms with van der Waals surface area (Å²) < 4.78 is 5.85. The van der Waals surface area contributed by atoms with Gasteiger partial charge in [-0.15, -0.1) is 11.3 Å². The van der Waals surface area contributed by atoms with Crippen LogP contribution in [0.3, 0.4) is 0 Å². The van der Waals surface area contributed by atoms with Gasteiger partial charge in [-0.05, 0) is 56.3 Å². The Morgan fingerprint density at radius 1 is 1.50 bits per heavy atom. The summed E-state index contributed by atoms with van der Waals surface area (Å²) in [6, 6.07) is 2.10. The average Bonchev–Trinajstić information content (AvgIpc) is 3.12. The summed E-state index contributed by atoms with van der Waals surface area (Å²) in [7, 11) is 0. The van der Waals surface area contributed by atoms with Crippen molar-refractivity contribution >= 4 is 11.3 Å². The summed E-state index contributed by atoms with van der Waals surface area (Å²) in [6.45, 7) is 7.95. The number of oxazole rings is 1. The van der Waals surface area contributed by atoms with Crippen LogP contribution < -0.4 is 5.73 Å². The van der Waals surface area contributed by atoms with Gasteiger partial charge in [0, 0.05) is 13.1 Å². The summed E-state index contributed by atoms with van der Waals surface area (Å²) in [5.41, 5.74) is 8.03. The van der Waals surface area contributed by atoms with E-state index in [4.69, 9.17) is 15.1 Å². The minimum atomic E-state index is 0.640. The molecule has 0 unspecified atom stereocenters. The smallest absolute Gasteiger partial charge is 0.237 e. The van der Waals surface area contributed by atoms with Crippen LogP contribution in [0.2, 0.25) is 0 Å². The molecule has 1 aliphatic heterocycles. The van der Waals surface area contributed by atoms with Gasteiger partial charge >= 0.3 is 0 Å². The molecule has 1 aliphatic rings. The SMILES string of the molecule is Cc1ccsc1-c1nc(CN2CC[C@@H](CN)C2)c(C)o1. The van der Waals surface area contributed by atoms with Gasteiger partial charge in [-0.25, -0.2) is 4.98 Å². The molecule has 1 saturated heterocycles. The van der Waals surface area contributed by atoms with Crippen molar-refractivity contribution in [2.45, 2.75) is 26.8 Å². The molecule has 5 heteroatoms. The van der Waals surface area contributed by atoms with Gasteiger partial charge < -0.3 is 10.2 Å². The first-order chi connectivity index (χ1) is 9.67. The van der Waals surface area contributed by atoms with Gasteiger partial charge in [0.1, 0.15) is 5.76 Å². The highest BCUT2D eigenvalue weighted by atomic mass is 32.1. The summed E-state index contributed by atoms with van der Waals surface area (Å²) in [6.07, 6.45) is 1.20. The van der Waals surface area contributed by atoms with Gasteiger partial charge in [0.25, 0.3) is 0 Å². The normalized spacial score (nSPS) is 19.9. The van der Waals surface area contributed by atoms with Crippen molar-refractivity contribution in [3.63, 3.8) is 0 Å². The van der Waals surface area contributed by atoms with Gasteiger partial charge in [0.2, 0.25) is 5.89 Å². The summed E-state index contributed by atoms with van der Waals surface area (Å²) in [5, 5.41) is 2.08. The Bertz CT molecular complexity index is 590. The fourth-order valence-electron chi connectivity index (χ4n) is 2.72. The minimum Gasteiger partial charge on any atom is -0.440 e. The molecule has 1 atom stereocenters. The van der Waals surface area contributed by atoms with E-state index in [1.807, 2.05) is 6.92 Å². The molecule has 0 amide bonds. The third-order valence-electron chi connectivity index (χ3n) is 4.03. The van der Waals surface area contributed by atoms with Gasteiger partial charge in [0.15, 0.2) is 0 Å². The van der Waals surface area contributed by atoms with Crippen molar-refractivity contribution in [2.75, 3.05) is 19.6 Å². The van der Waals surface area contributed by atoms with E-state index in [1.165, 1.54) is 12.0 Å². The number of hydrogen-bond donors (Lipinski definition) is 1. The highest BCUT2D eigenvalue weighted by Crippen LogP contribution is 2.30. The first-order valence-electron chi connectivity index (χ1n) is 7.10. The van der Waals surface area contributed by atoms with E-state index in [9.17, 15) is 0 Å². The number of nitrogens with two attached hydrogens (primary N) is 1. The van der Waals surface area contributed by atoms with Gasteiger partial charge in [-0.1, -0.05) is 0 Å². The zero-order valence-electron chi connectivity index (χ0n) is 12.1. The van der Waals surface area contributed by atoms with Crippen LogP contribution >= 0.6 is 11.3 Å². The van der Waals surface area contributed by atoms with Gasteiger partial charge in [-0.3, -0.25) is 4.90 Å². The third-order valence-corrected chi connectivity index (χ3v) is 5.03. The molecule has 0 radical (unpaired) electrons. The number of nitrogens with zero attached hydrogens (tertiary/aromatic N) is 2. The molecule has 20 heavy (non-hydrogen) atoms. The van der Waals surface area contributed by atoms with Crippen molar-refractivity contribution in [3.8, 4) is 10.8 Å². The molecule has 108 valence electrons. The van der Waals surface area contributed by atoms with Gasteiger partial charge in [0.05, 0.1) is 10.6 Å². The maximum absolute atomic E-state index is 5.85. The van der Waals surface area contributed by atoms with E-state index in [0.29, 0.717) is 5.92 Å². The lowest BCUT2D eigenvalue weighted by atomic mass is 10.1. The molecule has 0 saturated carbocycles. The lowest BCUT2D eigenvalue weighted by Gasteiger charge is -2.13. The van der Waals surface area contributed by atoms with E-state index >= 15 is 0 Å². The Kier molecular flexibility index (Phi) is 3.92. The van der Waals surface area contributed by atoms with Crippen LogP contribution in [-0.2, 0) is 6.54 Å². The van der Waals surface area contributed by atoms with Crippen LogP contribution in [0.15, 0.2) is 15.9 Å². The number of aromatic nitrogens is 1. The average molecular weight is 291 g/mol. The topological polar surface area (TPSA) is 55.3 Å². The quantitative estimate of drug-likeness (QED) is 0.941. The Balaban J connectivity index is 1.75. The number of rotatable bonds is 4. The van der Waals surface area contributed by atoms with Crippen molar-refractivity contribution in [2.24, 2.45) is 11.7 Å². The lowest BCUT2D eigenvalue weighted by Crippen LogP contribution is -2.23. The zero-order valence-corrected chi connectivity index (χ0v) is 12.9. The first-order valence-corrected chi connectivity index (χ1v) is 7.98. The largest absolute Gasteiger partial charge is 0.440 e. The van der Waals surface area contributed by atoms with Crippen LogP contribution in [0.5, 0.6) is 0 Å². The fraction of sp³-hybridized carbons (Fsp3) is 0.533. The predicted octanol–water partition coefficient (Wildman–Crippen LogP) is 2.80. The molecule has 3 heterocycles. The van der Waals surface area contributed by atoms with Crippen LogP contribution in [0, 0.1) is 19.8 Å². The molecule has 2 aromatic heterocycles. The van der Waals surface area contributed by atoms with Crippen LogP contribution in [0.25, 0.3) is 10.8 Å². The second kappa shape index (κ2) is 5.68. The Labute approximate surface area is 123 Å². The number of aryl methyl sites for hydroxylation is 2. The minimum absolute atomic E-state index is 0.640. The molecular formula is C15H21N3OS. The molecular weight excluding hydrogens is 270 g/mol. The van der Waals surface area contributed by atoms with Crippen LogP contribution in [-0.4, -0.2) is 29.5 Å². The Morgan fingerprint density at radius 2 is 2.35 bits per heavy atom. The van der Waals surface area contributed by atoms with E-state index in [1.54, 1.807) is 11.3 Å². The van der Waals surface area contributed by atoms with Crippen molar-refractivity contribution < 1.29 is 4.42 Å². The maximum atomic E-state index is 5.85. The molecule has 1 fully saturated rings. The van der Waals surface area contributed by atoms with E-state index in [0.717, 1.165) is 48.4 Å². The summed E-state index contributed by atoms with van der Waals surface area (Å²) in [4.78, 5) is 8.26. The second-order valence-corrected chi connectivity index (χ2v) is 6.50. The molecule has 2 N–H and O–H groups in total. The molecule has 3 rings (SSSR count). The van der Waals surface area contributed by atoms with Crippen molar-refractivity contribution in [1.29, 1.82) is 0 Å². The highest BCUT2D eigenvalue weighted by Gasteiger charge is 2.23. The second-order valence-electron chi connectivity index (χ2n) is 5.58. The monoisotopic (exact) mass is 291 g/mol. The standard InChI is InChI=1S/C15H21N3OS/c1-10-4-6-20-14(10)15-17-13(11(2)19-15)9-18-5-3-12(7-16)8-18/h4,6,12H,3,5,7-9,16H2,1-2H3/t12-/m0/s1. The number of likely N-dealkylation sites (tertiary alicyclic amines) is 1. The van der Waals surface area contributed by atoms with E-state index < -0.39 is 0 Å².